The molecule has 3 aromatic rings. The zero-order valence-corrected chi connectivity index (χ0v) is 19.9. The number of benzene rings is 1. The van der Waals surface area contributed by atoms with Crippen LogP contribution >= 0.6 is 23.1 Å². The molecule has 1 aliphatic rings. The lowest BCUT2D eigenvalue weighted by molar-refractivity contribution is -0.113. The highest BCUT2D eigenvalue weighted by Gasteiger charge is 2.26. The van der Waals surface area contributed by atoms with Crippen LogP contribution in [0.1, 0.15) is 6.92 Å². The van der Waals surface area contributed by atoms with E-state index in [0.717, 1.165) is 10.7 Å². The smallest absolute Gasteiger partial charge is 0.243 e. The van der Waals surface area contributed by atoms with E-state index >= 15 is 0 Å². The Labute approximate surface area is 194 Å². The van der Waals surface area contributed by atoms with Crippen LogP contribution in [0.3, 0.4) is 0 Å². The van der Waals surface area contributed by atoms with Gasteiger partial charge in [-0.15, -0.1) is 21.5 Å². The lowest BCUT2D eigenvalue weighted by atomic mass is 10.3. The summed E-state index contributed by atoms with van der Waals surface area (Å²) in [5.74, 6) is 0.661. The number of aromatic nitrogens is 3. The van der Waals surface area contributed by atoms with Gasteiger partial charge in [-0.2, -0.15) is 4.31 Å². The van der Waals surface area contributed by atoms with Gasteiger partial charge < -0.3 is 14.6 Å². The molecule has 1 amide bonds. The molecular formula is C20H23N5O4S3. The Morgan fingerprint density at radius 1 is 1.22 bits per heavy atom. The molecule has 2 aromatic heterocycles. The number of carbonyl (C=O) groups excluding carboxylic acids is 1. The highest BCUT2D eigenvalue weighted by Crippen LogP contribution is 2.27. The van der Waals surface area contributed by atoms with E-state index in [-0.39, 0.29) is 16.6 Å². The van der Waals surface area contributed by atoms with Crippen LogP contribution in [0, 0.1) is 0 Å². The molecule has 0 aliphatic carbocycles. The molecule has 12 heteroatoms. The molecule has 0 saturated carbocycles. The quantitative estimate of drug-likeness (QED) is 0.481. The first-order chi connectivity index (χ1) is 15.5. The largest absolute Gasteiger partial charge is 0.379 e. The zero-order valence-electron chi connectivity index (χ0n) is 17.4. The van der Waals surface area contributed by atoms with Gasteiger partial charge in [-0.05, 0) is 36.6 Å². The predicted molar refractivity (Wildman–Crippen MR) is 124 cm³/mol. The summed E-state index contributed by atoms with van der Waals surface area (Å²) < 4.78 is 34.3. The fraction of sp³-hybridized carbons (Fsp3) is 0.350. The molecule has 1 fully saturated rings. The number of amides is 1. The fourth-order valence-electron chi connectivity index (χ4n) is 3.27. The number of rotatable bonds is 8. The highest BCUT2D eigenvalue weighted by molar-refractivity contribution is 7.99. The zero-order chi connectivity index (χ0) is 22.6. The average molecular weight is 494 g/mol. The Morgan fingerprint density at radius 3 is 2.75 bits per heavy atom. The second kappa shape index (κ2) is 10.1. The Morgan fingerprint density at radius 2 is 2.03 bits per heavy atom. The van der Waals surface area contributed by atoms with E-state index in [0.29, 0.717) is 43.7 Å². The van der Waals surface area contributed by atoms with Gasteiger partial charge in [0.2, 0.25) is 15.9 Å². The standard InChI is InChI=1S/C20H23N5O4S3/c1-2-25-19(17-7-4-12-30-17)22-23-20(25)31-14-18(26)21-15-5-3-6-16(13-15)32(27,28)24-8-10-29-11-9-24/h3-7,12-13H,2,8-11,14H2,1H3,(H,21,26). The lowest BCUT2D eigenvalue weighted by Gasteiger charge is -2.26. The summed E-state index contributed by atoms with van der Waals surface area (Å²) in [6.07, 6.45) is 0. The molecule has 0 unspecified atom stereocenters. The van der Waals surface area contributed by atoms with Crippen molar-refractivity contribution in [3.05, 3.63) is 41.8 Å². The summed E-state index contributed by atoms with van der Waals surface area (Å²) in [4.78, 5) is 13.7. The van der Waals surface area contributed by atoms with Crippen molar-refractivity contribution in [2.45, 2.75) is 23.5 Å². The minimum Gasteiger partial charge on any atom is -0.379 e. The number of hydrogen-bond acceptors (Lipinski definition) is 8. The summed E-state index contributed by atoms with van der Waals surface area (Å²) in [6, 6.07) is 10.3. The van der Waals surface area contributed by atoms with Crippen molar-refractivity contribution >= 4 is 44.7 Å². The number of thiophene rings is 1. The second-order valence-corrected chi connectivity index (χ2v) is 10.7. The van der Waals surface area contributed by atoms with Crippen LogP contribution in [0.5, 0.6) is 0 Å². The maximum atomic E-state index is 12.8. The summed E-state index contributed by atoms with van der Waals surface area (Å²) >= 11 is 2.88. The third kappa shape index (κ3) is 5.04. The molecule has 0 atom stereocenters. The number of sulfonamides is 1. The van der Waals surface area contributed by atoms with Crippen LogP contribution in [0.15, 0.2) is 51.8 Å². The van der Waals surface area contributed by atoms with Crippen LogP contribution in [-0.2, 0) is 26.1 Å². The third-order valence-electron chi connectivity index (χ3n) is 4.83. The first-order valence-electron chi connectivity index (χ1n) is 10.1. The normalized spacial score (nSPS) is 15.0. The molecule has 32 heavy (non-hydrogen) atoms. The number of nitrogens with one attached hydrogen (secondary N) is 1. The molecule has 1 N–H and O–H groups in total. The maximum absolute atomic E-state index is 12.8. The number of hydrogen-bond donors (Lipinski definition) is 1. The van der Waals surface area contributed by atoms with Crippen molar-refractivity contribution in [3.63, 3.8) is 0 Å². The van der Waals surface area contributed by atoms with Crippen molar-refractivity contribution in [2.24, 2.45) is 0 Å². The van der Waals surface area contributed by atoms with Crippen LogP contribution in [-0.4, -0.2) is 65.5 Å². The van der Waals surface area contributed by atoms with Gasteiger partial charge in [-0.25, -0.2) is 8.42 Å². The van der Waals surface area contributed by atoms with Crippen molar-refractivity contribution in [1.29, 1.82) is 0 Å². The van der Waals surface area contributed by atoms with Crippen molar-refractivity contribution < 1.29 is 17.9 Å². The summed E-state index contributed by atoms with van der Waals surface area (Å²) in [5, 5.41) is 13.9. The second-order valence-electron chi connectivity index (χ2n) is 6.91. The van der Waals surface area contributed by atoms with Gasteiger partial charge in [0.25, 0.3) is 0 Å². The number of thioether (sulfide) groups is 1. The molecule has 1 aliphatic heterocycles. The monoisotopic (exact) mass is 493 g/mol. The molecule has 3 heterocycles. The number of morpholine rings is 1. The van der Waals surface area contributed by atoms with Gasteiger partial charge >= 0.3 is 0 Å². The third-order valence-corrected chi connectivity index (χ3v) is 8.56. The van der Waals surface area contributed by atoms with E-state index in [1.807, 2.05) is 29.0 Å². The number of anilines is 1. The average Bonchev–Trinajstić information content (AvgIpc) is 3.48. The van der Waals surface area contributed by atoms with Crippen LogP contribution in [0.25, 0.3) is 10.7 Å². The van der Waals surface area contributed by atoms with E-state index < -0.39 is 10.0 Å². The number of ether oxygens (including phenoxy) is 1. The highest BCUT2D eigenvalue weighted by atomic mass is 32.2. The Hall–Kier alpha value is -2.25. The summed E-state index contributed by atoms with van der Waals surface area (Å²) in [5.41, 5.74) is 0.432. The predicted octanol–water partition coefficient (Wildman–Crippen LogP) is 2.78. The van der Waals surface area contributed by atoms with Crippen molar-refractivity contribution in [3.8, 4) is 10.7 Å². The van der Waals surface area contributed by atoms with E-state index in [1.165, 1.54) is 28.2 Å². The molecule has 4 rings (SSSR count). The van der Waals surface area contributed by atoms with Crippen LogP contribution in [0.4, 0.5) is 5.69 Å². The summed E-state index contributed by atoms with van der Waals surface area (Å²) in [6.45, 7) is 4.09. The van der Waals surface area contributed by atoms with Crippen LogP contribution < -0.4 is 5.32 Å². The van der Waals surface area contributed by atoms with Gasteiger partial charge in [0, 0.05) is 25.3 Å². The first-order valence-corrected chi connectivity index (χ1v) is 13.4. The fourth-order valence-corrected chi connectivity index (χ4v) is 6.24. The van der Waals surface area contributed by atoms with Crippen LogP contribution in [0.2, 0.25) is 0 Å². The SMILES string of the molecule is CCn1c(SCC(=O)Nc2cccc(S(=O)(=O)N3CCOCC3)c2)nnc1-c1cccs1. The molecule has 0 bridgehead atoms. The minimum atomic E-state index is -3.63. The van der Waals surface area contributed by atoms with E-state index in [2.05, 4.69) is 15.5 Å². The molecular weight excluding hydrogens is 470 g/mol. The molecule has 0 radical (unpaired) electrons. The van der Waals surface area contributed by atoms with Gasteiger partial charge in [0.05, 0.1) is 28.7 Å². The van der Waals surface area contributed by atoms with Crippen molar-refractivity contribution in [2.75, 3.05) is 37.4 Å². The topological polar surface area (TPSA) is 106 Å². The van der Waals surface area contributed by atoms with Gasteiger partial charge in [-0.3, -0.25) is 4.79 Å². The Bertz CT molecular complexity index is 1170. The summed E-state index contributed by atoms with van der Waals surface area (Å²) in [7, 11) is -3.63. The van der Waals surface area contributed by atoms with E-state index in [9.17, 15) is 13.2 Å². The van der Waals surface area contributed by atoms with E-state index in [1.54, 1.807) is 23.5 Å². The number of nitrogens with zero attached hydrogens (tertiary/aromatic N) is 4. The molecule has 0 spiro atoms. The minimum absolute atomic E-state index is 0.128. The number of carbonyl (C=O) groups is 1. The van der Waals surface area contributed by atoms with Crippen molar-refractivity contribution in [1.82, 2.24) is 19.1 Å². The molecule has 1 aromatic carbocycles. The molecule has 9 nitrogen and oxygen atoms in total. The van der Waals surface area contributed by atoms with Gasteiger partial charge in [-0.1, -0.05) is 23.9 Å². The van der Waals surface area contributed by atoms with Gasteiger partial charge in [0.1, 0.15) is 0 Å². The molecule has 1 saturated heterocycles. The first kappa shape index (κ1) is 22.9. The van der Waals surface area contributed by atoms with E-state index in [4.69, 9.17) is 4.74 Å². The lowest BCUT2D eigenvalue weighted by Crippen LogP contribution is -2.40. The molecule has 170 valence electrons. The Kier molecular flexibility index (Phi) is 7.26. The maximum Gasteiger partial charge on any atom is 0.243 e. The van der Waals surface area contributed by atoms with Gasteiger partial charge in [0.15, 0.2) is 11.0 Å². The Balaban J connectivity index is 1.40.